The van der Waals surface area contributed by atoms with Crippen LogP contribution >= 0.6 is 0 Å². The van der Waals surface area contributed by atoms with E-state index >= 15 is 0 Å². The molecule has 1 amide bonds. The minimum Gasteiger partial charge on any atom is -0.497 e. The van der Waals surface area contributed by atoms with E-state index in [2.05, 4.69) is 5.32 Å². The Labute approximate surface area is 146 Å². The van der Waals surface area contributed by atoms with Crippen LogP contribution in [-0.2, 0) is 16.1 Å². The van der Waals surface area contributed by atoms with Crippen LogP contribution in [0, 0.1) is 6.92 Å². The van der Waals surface area contributed by atoms with Crippen LogP contribution in [0.4, 0.5) is 0 Å². The lowest BCUT2D eigenvalue weighted by molar-refractivity contribution is -0.143. The van der Waals surface area contributed by atoms with Gasteiger partial charge in [-0.1, -0.05) is 24.3 Å². The Hall–Kier alpha value is -3.02. The smallest absolute Gasteiger partial charge is 0.325 e. The molecule has 2 rings (SSSR count). The Morgan fingerprint density at radius 1 is 1.00 bits per heavy atom. The first-order valence-corrected chi connectivity index (χ1v) is 7.75. The minimum absolute atomic E-state index is 0.175. The molecule has 0 saturated carbocycles. The first-order valence-electron chi connectivity index (χ1n) is 7.75. The molecule has 0 aromatic heterocycles. The summed E-state index contributed by atoms with van der Waals surface area (Å²) in [6.45, 7) is 1.90. The van der Waals surface area contributed by atoms with Gasteiger partial charge in [-0.05, 0) is 30.2 Å². The second-order valence-corrected chi connectivity index (χ2v) is 5.37. The maximum atomic E-state index is 12.2. The summed E-state index contributed by atoms with van der Waals surface area (Å²) in [7, 11) is 3.00. The maximum Gasteiger partial charge on any atom is 0.325 e. The third kappa shape index (κ3) is 5.24. The number of nitrogens with one attached hydrogen (secondary N) is 1. The van der Waals surface area contributed by atoms with E-state index in [0.29, 0.717) is 17.1 Å². The quantitative estimate of drug-likeness (QED) is 0.782. The largest absolute Gasteiger partial charge is 0.497 e. The summed E-state index contributed by atoms with van der Waals surface area (Å²) in [6, 6.07) is 12.4. The summed E-state index contributed by atoms with van der Waals surface area (Å²) in [4.78, 5) is 24.0. The van der Waals surface area contributed by atoms with Gasteiger partial charge < -0.3 is 19.5 Å². The molecular weight excluding hydrogens is 322 g/mol. The monoisotopic (exact) mass is 343 g/mol. The van der Waals surface area contributed by atoms with Crippen molar-refractivity contribution in [3.8, 4) is 11.5 Å². The highest BCUT2D eigenvalue weighted by Crippen LogP contribution is 2.22. The summed E-state index contributed by atoms with van der Waals surface area (Å²) < 4.78 is 15.4. The van der Waals surface area contributed by atoms with Gasteiger partial charge in [-0.2, -0.15) is 0 Å². The molecule has 0 radical (unpaired) electrons. The lowest BCUT2D eigenvalue weighted by atomic mass is 10.1. The number of rotatable bonds is 7. The molecule has 0 atom stereocenters. The number of amides is 1. The molecule has 0 bridgehead atoms. The second kappa shape index (κ2) is 8.73. The van der Waals surface area contributed by atoms with Gasteiger partial charge in [0.05, 0.1) is 14.2 Å². The summed E-state index contributed by atoms with van der Waals surface area (Å²) in [5.41, 5.74) is 2.31. The van der Waals surface area contributed by atoms with Crippen molar-refractivity contribution < 1.29 is 23.8 Å². The molecule has 25 heavy (non-hydrogen) atoms. The molecule has 2 aromatic rings. The number of ether oxygens (including phenoxy) is 3. The van der Waals surface area contributed by atoms with Gasteiger partial charge in [0.1, 0.15) is 24.7 Å². The van der Waals surface area contributed by atoms with Crippen molar-refractivity contribution in [1.82, 2.24) is 5.32 Å². The van der Waals surface area contributed by atoms with Crippen LogP contribution in [0.25, 0.3) is 0 Å². The molecule has 0 aliphatic carbocycles. The van der Waals surface area contributed by atoms with Gasteiger partial charge in [0.15, 0.2) is 0 Å². The van der Waals surface area contributed by atoms with E-state index < -0.39 is 11.9 Å². The van der Waals surface area contributed by atoms with Crippen molar-refractivity contribution in [3.63, 3.8) is 0 Å². The summed E-state index contributed by atoms with van der Waals surface area (Å²) in [6.07, 6.45) is 0. The third-order valence-electron chi connectivity index (χ3n) is 3.66. The Balaban J connectivity index is 1.89. The van der Waals surface area contributed by atoms with Crippen LogP contribution < -0.4 is 14.8 Å². The Kier molecular flexibility index (Phi) is 6.39. The highest BCUT2D eigenvalue weighted by atomic mass is 16.5. The van der Waals surface area contributed by atoms with Gasteiger partial charge in [-0.25, -0.2) is 0 Å². The zero-order valence-corrected chi connectivity index (χ0v) is 14.5. The van der Waals surface area contributed by atoms with Crippen molar-refractivity contribution in [2.24, 2.45) is 0 Å². The zero-order valence-electron chi connectivity index (χ0n) is 14.5. The predicted molar refractivity (Wildman–Crippen MR) is 92.9 cm³/mol. The Bertz CT molecular complexity index is 735. The maximum absolute atomic E-state index is 12.2. The number of carbonyl (C=O) groups is 2. The van der Waals surface area contributed by atoms with Gasteiger partial charge in [-0.3, -0.25) is 9.59 Å². The summed E-state index contributed by atoms with van der Waals surface area (Å²) in [5.74, 6) is 0.0646. The Morgan fingerprint density at radius 2 is 1.64 bits per heavy atom. The van der Waals surface area contributed by atoms with Crippen LogP contribution in [-0.4, -0.2) is 32.6 Å². The SMILES string of the molecule is COc1cc(OC)cc(C(=O)NCC(=O)OCc2ccccc2C)c1. The van der Waals surface area contributed by atoms with E-state index in [-0.39, 0.29) is 13.2 Å². The van der Waals surface area contributed by atoms with Crippen LogP contribution in [0.5, 0.6) is 11.5 Å². The molecule has 132 valence electrons. The van der Waals surface area contributed by atoms with Gasteiger partial charge >= 0.3 is 5.97 Å². The van der Waals surface area contributed by atoms with E-state index in [1.54, 1.807) is 18.2 Å². The second-order valence-electron chi connectivity index (χ2n) is 5.37. The molecule has 0 fully saturated rings. The van der Waals surface area contributed by atoms with Crippen molar-refractivity contribution >= 4 is 11.9 Å². The minimum atomic E-state index is -0.508. The average molecular weight is 343 g/mol. The first kappa shape index (κ1) is 18.3. The topological polar surface area (TPSA) is 73.9 Å². The molecule has 1 N–H and O–H groups in total. The van der Waals surface area contributed by atoms with E-state index in [9.17, 15) is 9.59 Å². The van der Waals surface area contributed by atoms with Crippen LogP contribution in [0.3, 0.4) is 0 Å². The number of aryl methyl sites for hydroxylation is 1. The van der Waals surface area contributed by atoms with Crippen molar-refractivity contribution in [3.05, 3.63) is 59.2 Å². The van der Waals surface area contributed by atoms with Crippen LogP contribution in [0.2, 0.25) is 0 Å². The summed E-state index contributed by atoms with van der Waals surface area (Å²) >= 11 is 0. The molecule has 2 aromatic carbocycles. The van der Waals surface area contributed by atoms with Gasteiger partial charge in [-0.15, -0.1) is 0 Å². The molecule has 0 aliphatic rings. The fourth-order valence-electron chi connectivity index (χ4n) is 2.17. The highest BCUT2D eigenvalue weighted by Gasteiger charge is 2.12. The number of hydrogen-bond donors (Lipinski definition) is 1. The van der Waals surface area contributed by atoms with E-state index in [4.69, 9.17) is 14.2 Å². The standard InChI is InChI=1S/C19H21NO5/c1-13-6-4-5-7-14(13)12-25-18(21)11-20-19(22)15-8-16(23-2)10-17(9-15)24-3/h4-10H,11-12H2,1-3H3,(H,20,22). The number of hydrogen-bond acceptors (Lipinski definition) is 5. The van der Waals surface area contributed by atoms with Crippen molar-refractivity contribution in [1.29, 1.82) is 0 Å². The van der Waals surface area contributed by atoms with Crippen molar-refractivity contribution in [2.45, 2.75) is 13.5 Å². The van der Waals surface area contributed by atoms with Crippen LogP contribution in [0.15, 0.2) is 42.5 Å². The molecule has 0 heterocycles. The molecule has 0 saturated heterocycles. The molecule has 6 heteroatoms. The fraction of sp³-hybridized carbons (Fsp3) is 0.263. The molecule has 0 unspecified atom stereocenters. The highest BCUT2D eigenvalue weighted by molar-refractivity contribution is 5.96. The van der Waals surface area contributed by atoms with Gasteiger partial charge in [0.2, 0.25) is 0 Å². The van der Waals surface area contributed by atoms with Crippen molar-refractivity contribution in [2.75, 3.05) is 20.8 Å². The first-order chi connectivity index (χ1) is 12.0. The van der Waals surface area contributed by atoms with Gasteiger partial charge in [0.25, 0.3) is 5.91 Å². The summed E-state index contributed by atoms with van der Waals surface area (Å²) in [5, 5.41) is 2.53. The normalized spacial score (nSPS) is 10.0. The number of methoxy groups -OCH3 is 2. The van der Waals surface area contributed by atoms with E-state index in [1.165, 1.54) is 14.2 Å². The molecular formula is C19H21NO5. The van der Waals surface area contributed by atoms with E-state index in [1.807, 2.05) is 31.2 Å². The molecule has 0 spiro atoms. The Morgan fingerprint density at radius 3 is 2.24 bits per heavy atom. The molecule has 6 nitrogen and oxygen atoms in total. The van der Waals surface area contributed by atoms with Gasteiger partial charge in [0, 0.05) is 11.6 Å². The number of carbonyl (C=O) groups excluding carboxylic acids is 2. The zero-order chi connectivity index (χ0) is 18.2. The lowest BCUT2D eigenvalue weighted by Crippen LogP contribution is -2.30. The predicted octanol–water partition coefficient (Wildman–Crippen LogP) is 2.49. The number of esters is 1. The number of benzene rings is 2. The van der Waals surface area contributed by atoms with E-state index in [0.717, 1.165) is 11.1 Å². The third-order valence-corrected chi connectivity index (χ3v) is 3.66. The fourth-order valence-corrected chi connectivity index (χ4v) is 2.17. The average Bonchev–Trinajstić information content (AvgIpc) is 2.64. The molecule has 0 aliphatic heterocycles. The lowest BCUT2D eigenvalue weighted by Gasteiger charge is -2.10. The van der Waals surface area contributed by atoms with Crippen LogP contribution in [0.1, 0.15) is 21.5 Å².